The molecule has 0 saturated heterocycles. The number of aliphatic hydroxyl groups is 2. The van der Waals surface area contributed by atoms with Gasteiger partial charge in [0.25, 0.3) is 0 Å². The third-order valence-electron chi connectivity index (χ3n) is 5.49. The second-order valence-electron chi connectivity index (χ2n) is 7.75. The van der Waals surface area contributed by atoms with Crippen LogP contribution in [0.3, 0.4) is 0 Å². The number of aliphatic hydroxyl groups excluding tert-OH is 2. The van der Waals surface area contributed by atoms with E-state index in [-0.39, 0.29) is 12.4 Å². The lowest BCUT2D eigenvalue weighted by molar-refractivity contribution is 0.174. The van der Waals surface area contributed by atoms with Crippen LogP contribution in [0.5, 0.6) is 23.0 Å². The summed E-state index contributed by atoms with van der Waals surface area (Å²) in [5.74, 6) is 1.72. The molecular formula is C26H32N2O6. The fourth-order valence-corrected chi connectivity index (χ4v) is 3.60. The molecule has 3 rings (SSSR count). The fourth-order valence-electron chi connectivity index (χ4n) is 3.60. The first kappa shape index (κ1) is 25.2. The minimum atomic E-state index is -0.726. The highest BCUT2D eigenvalue weighted by Gasteiger charge is 2.13. The Morgan fingerprint density at radius 2 is 1.53 bits per heavy atom. The molecule has 0 aliphatic rings. The van der Waals surface area contributed by atoms with E-state index in [0.29, 0.717) is 41.5 Å². The molecule has 0 aromatic heterocycles. The van der Waals surface area contributed by atoms with Gasteiger partial charge in [-0.2, -0.15) is 0 Å². The Morgan fingerprint density at radius 3 is 2.12 bits per heavy atom. The van der Waals surface area contributed by atoms with Gasteiger partial charge >= 0.3 is 0 Å². The second-order valence-corrected chi connectivity index (χ2v) is 7.75. The Kier molecular flexibility index (Phi) is 8.98. The van der Waals surface area contributed by atoms with Gasteiger partial charge in [0, 0.05) is 35.6 Å². The zero-order valence-electron chi connectivity index (χ0n) is 19.7. The predicted molar refractivity (Wildman–Crippen MR) is 131 cm³/mol. The quantitative estimate of drug-likeness (QED) is 0.257. The molecular weight excluding hydrogens is 436 g/mol. The minimum Gasteiger partial charge on any atom is -0.508 e. The number of nitrogens with one attached hydrogen (secondary N) is 2. The zero-order valence-corrected chi connectivity index (χ0v) is 19.7. The normalized spacial score (nSPS) is 11.7. The Bertz CT molecular complexity index is 1050. The third-order valence-corrected chi connectivity index (χ3v) is 5.49. The summed E-state index contributed by atoms with van der Waals surface area (Å²) in [5, 5.41) is 35.9. The molecule has 8 heteroatoms. The monoisotopic (exact) mass is 468 g/mol. The molecule has 0 fully saturated rings. The largest absolute Gasteiger partial charge is 0.508 e. The molecule has 0 heterocycles. The maximum atomic E-state index is 10.4. The number of hydrogen-bond acceptors (Lipinski definition) is 8. The SMILES string of the molecule is COc1cc(Nc2ccc(CCNCC(O)c3ccc(O)c(CO)c3)cc2)cc(OC)c1OC. The van der Waals surface area contributed by atoms with Crippen molar-refractivity contribution in [3.05, 3.63) is 71.3 Å². The number of anilines is 2. The fraction of sp³-hybridized carbons (Fsp3) is 0.308. The summed E-state index contributed by atoms with van der Waals surface area (Å²) in [6, 6.07) is 16.5. The summed E-state index contributed by atoms with van der Waals surface area (Å²) in [4.78, 5) is 0. The van der Waals surface area contributed by atoms with Gasteiger partial charge in [-0.05, 0) is 48.4 Å². The van der Waals surface area contributed by atoms with E-state index >= 15 is 0 Å². The first-order valence-electron chi connectivity index (χ1n) is 11.0. The van der Waals surface area contributed by atoms with Crippen LogP contribution in [0, 0.1) is 0 Å². The second kappa shape index (κ2) is 12.1. The summed E-state index contributed by atoms with van der Waals surface area (Å²) < 4.78 is 16.2. The molecule has 0 radical (unpaired) electrons. The number of methoxy groups -OCH3 is 3. The van der Waals surface area contributed by atoms with E-state index in [0.717, 1.165) is 23.4 Å². The highest BCUT2D eigenvalue weighted by molar-refractivity contribution is 5.68. The van der Waals surface area contributed by atoms with Crippen LogP contribution in [0.2, 0.25) is 0 Å². The average molecular weight is 469 g/mol. The van der Waals surface area contributed by atoms with Crippen molar-refractivity contribution in [3.8, 4) is 23.0 Å². The van der Waals surface area contributed by atoms with Crippen molar-refractivity contribution in [3.63, 3.8) is 0 Å². The molecule has 0 aliphatic carbocycles. The molecule has 0 saturated carbocycles. The Hall–Kier alpha value is -3.46. The van der Waals surface area contributed by atoms with Crippen molar-refractivity contribution >= 4 is 11.4 Å². The van der Waals surface area contributed by atoms with E-state index in [1.54, 1.807) is 33.5 Å². The van der Waals surface area contributed by atoms with Gasteiger partial charge in [0.2, 0.25) is 5.75 Å². The first-order valence-corrected chi connectivity index (χ1v) is 11.0. The van der Waals surface area contributed by atoms with Crippen molar-refractivity contribution in [1.29, 1.82) is 0 Å². The van der Waals surface area contributed by atoms with E-state index in [1.807, 2.05) is 36.4 Å². The molecule has 8 nitrogen and oxygen atoms in total. The first-order chi connectivity index (χ1) is 16.5. The summed E-state index contributed by atoms with van der Waals surface area (Å²) in [6.07, 6.45) is 0.0743. The van der Waals surface area contributed by atoms with Crippen LogP contribution in [-0.4, -0.2) is 49.7 Å². The lowest BCUT2D eigenvalue weighted by Crippen LogP contribution is -2.23. The molecule has 0 amide bonds. The van der Waals surface area contributed by atoms with Crippen LogP contribution >= 0.6 is 0 Å². The topological polar surface area (TPSA) is 112 Å². The van der Waals surface area contributed by atoms with Crippen LogP contribution in [0.25, 0.3) is 0 Å². The average Bonchev–Trinajstić information content (AvgIpc) is 2.87. The number of aromatic hydroxyl groups is 1. The van der Waals surface area contributed by atoms with Crippen LogP contribution in [-0.2, 0) is 13.0 Å². The van der Waals surface area contributed by atoms with Crippen molar-refractivity contribution in [2.24, 2.45) is 0 Å². The van der Waals surface area contributed by atoms with Gasteiger partial charge in [-0.3, -0.25) is 0 Å². The van der Waals surface area contributed by atoms with Crippen molar-refractivity contribution < 1.29 is 29.5 Å². The summed E-state index contributed by atoms with van der Waals surface area (Å²) >= 11 is 0. The van der Waals surface area contributed by atoms with Gasteiger partial charge in [-0.1, -0.05) is 18.2 Å². The van der Waals surface area contributed by atoms with Gasteiger partial charge < -0.3 is 40.2 Å². The lowest BCUT2D eigenvalue weighted by atomic mass is 10.1. The van der Waals surface area contributed by atoms with Gasteiger partial charge in [-0.15, -0.1) is 0 Å². The summed E-state index contributed by atoms with van der Waals surface area (Å²) in [5.41, 5.74) is 3.95. The Labute approximate surface area is 199 Å². The smallest absolute Gasteiger partial charge is 0.203 e. The molecule has 182 valence electrons. The van der Waals surface area contributed by atoms with Crippen molar-refractivity contribution in [1.82, 2.24) is 5.32 Å². The van der Waals surface area contributed by atoms with Gasteiger partial charge in [0.15, 0.2) is 11.5 Å². The highest BCUT2D eigenvalue weighted by atomic mass is 16.5. The van der Waals surface area contributed by atoms with Gasteiger partial charge in [-0.25, -0.2) is 0 Å². The van der Waals surface area contributed by atoms with E-state index in [9.17, 15) is 15.3 Å². The standard InChI is InChI=1S/C26H32N2O6/c1-32-24-13-21(14-25(33-2)26(24)34-3)28-20-7-4-17(5-8-20)10-11-27-15-23(31)18-6-9-22(30)19(12-18)16-29/h4-9,12-14,23,27-31H,10-11,15-16H2,1-3H3. The molecule has 3 aromatic rings. The van der Waals surface area contributed by atoms with E-state index in [4.69, 9.17) is 14.2 Å². The highest BCUT2D eigenvalue weighted by Crippen LogP contribution is 2.40. The molecule has 34 heavy (non-hydrogen) atoms. The van der Waals surface area contributed by atoms with Crippen LogP contribution < -0.4 is 24.8 Å². The molecule has 1 unspecified atom stereocenters. The summed E-state index contributed by atoms with van der Waals surface area (Å²) in [6.45, 7) is 0.794. The number of phenols is 1. The van der Waals surface area contributed by atoms with Crippen LogP contribution in [0.4, 0.5) is 11.4 Å². The maximum absolute atomic E-state index is 10.4. The number of ether oxygens (including phenoxy) is 3. The van der Waals surface area contributed by atoms with Crippen LogP contribution in [0.1, 0.15) is 22.8 Å². The molecule has 0 bridgehead atoms. The van der Waals surface area contributed by atoms with Gasteiger partial charge in [0.1, 0.15) is 5.75 Å². The van der Waals surface area contributed by atoms with Crippen LogP contribution in [0.15, 0.2) is 54.6 Å². The molecule has 1 atom stereocenters. The number of rotatable bonds is 12. The summed E-state index contributed by atoms with van der Waals surface area (Å²) in [7, 11) is 4.74. The molecule has 3 aromatic carbocycles. The van der Waals surface area contributed by atoms with E-state index < -0.39 is 6.10 Å². The van der Waals surface area contributed by atoms with Crippen molar-refractivity contribution in [2.45, 2.75) is 19.1 Å². The van der Waals surface area contributed by atoms with E-state index in [1.165, 1.54) is 6.07 Å². The maximum Gasteiger partial charge on any atom is 0.203 e. The van der Waals surface area contributed by atoms with Gasteiger partial charge in [0.05, 0.1) is 34.0 Å². The Balaban J connectivity index is 1.51. The molecule has 0 spiro atoms. The minimum absolute atomic E-state index is 0.0228. The zero-order chi connectivity index (χ0) is 24.5. The molecule has 5 N–H and O–H groups in total. The Morgan fingerprint density at radius 1 is 0.853 bits per heavy atom. The predicted octanol–water partition coefficient (Wildman–Crippen LogP) is 3.52. The van der Waals surface area contributed by atoms with E-state index in [2.05, 4.69) is 10.6 Å². The lowest BCUT2D eigenvalue weighted by Gasteiger charge is -2.15. The number of hydrogen-bond donors (Lipinski definition) is 5. The third kappa shape index (κ3) is 6.32. The molecule has 0 aliphatic heterocycles. The number of benzene rings is 3. The van der Waals surface area contributed by atoms with Crippen molar-refractivity contribution in [2.75, 3.05) is 39.7 Å².